The largest absolute Gasteiger partial charge is 0.497 e. The molecule has 5 nitrogen and oxygen atoms in total. The summed E-state index contributed by atoms with van der Waals surface area (Å²) in [7, 11) is 1.64. The highest BCUT2D eigenvalue weighted by Gasteiger charge is 2.29. The van der Waals surface area contributed by atoms with E-state index in [1.54, 1.807) is 7.11 Å². The molecule has 1 aliphatic heterocycles. The number of piperidine rings is 1. The van der Waals surface area contributed by atoms with E-state index in [2.05, 4.69) is 17.1 Å². The second-order valence-electron chi connectivity index (χ2n) is 10.5. The minimum atomic E-state index is -0.257. The third-order valence-electron chi connectivity index (χ3n) is 7.81. The van der Waals surface area contributed by atoms with Crippen LogP contribution >= 0.6 is 0 Å². The SMILES string of the molecule is CCCCNC(=O)N(c1ccc(OC)cc1)C1CCN(CCCC(c2ccc(F)cc2)c2ccc(F)cc2)CC1. The molecule has 1 fully saturated rings. The number of benzene rings is 3. The number of nitrogens with zero attached hydrogens (tertiary/aromatic N) is 2. The van der Waals surface area contributed by atoms with Crippen molar-refractivity contribution < 1.29 is 18.3 Å². The molecule has 214 valence electrons. The van der Waals surface area contributed by atoms with Crippen molar-refractivity contribution >= 4 is 11.7 Å². The molecule has 2 amide bonds. The van der Waals surface area contributed by atoms with Gasteiger partial charge in [0.15, 0.2) is 0 Å². The summed E-state index contributed by atoms with van der Waals surface area (Å²) < 4.78 is 32.4. The molecule has 1 saturated heterocycles. The number of unbranched alkanes of at least 4 members (excludes halogenated alkanes) is 1. The Kier molecular flexibility index (Phi) is 10.9. The van der Waals surface area contributed by atoms with E-state index >= 15 is 0 Å². The molecule has 3 aromatic carbocycles. The lowest BCUT2D eigenvalue weighted by molar-refractivity contribution is 0.200. The van der Waals surface area contributed by atoms with Crippen LogP contribution in [-0.2, 0) is 0 Å². The monoisotopic (exact) mass is 549 g/mol. The Bertz CT molecular complexity index is 1130. The van der Waals surface area contributed by atoms with Gasteiger partial charge in [0, 0.05) is 37.3 Å². The van der Waals surface area contributed by atoms with Crippen molar-refractivity contribution in [1.29, 1.82) is 0 Å². The van der Waals surface area contributed by atoms with Crippen LogP contribution in [0, 0.1) is 11.6 Å². The minimum absolute atomic E-state index is 0.0431. The highest BCUT2D eigenvalue weighted by atomic mass is 19.1. The van der Waals surface area contributed by atoms with Crippen LogP contribution < -0.4 is 15.0 Å². The van der Waals surface area contributed by atoms with Crippen molar-refractivity contribution in [2.45, 2.75) is 57.4 Å². The molecule has 0 aromatic heterocycles. The Balaban J connectivity index is 1.36. The lowest BCUT2D eigenvalue weighted by Crippen LogP contribution is -2.51. The first kappa shape index (κ1) is 29.5. The highest BCUT2D eigenvalue weighted by Crippen LogP contribution is 2.31. The van der Waals surface area contributed by atoms with Crippen LogP contribution in [0.5, 0.6) is 5.75 Å². The lowest BCUT2D eigenvalue weighted by atomic mass is 9.87. The maximum atomic E-state index is 13.6. The van der Waals surface area contributed by atoms with Crippen LogP contribution in [0.1, 0.15) is 62.5 Å². The Labute approximate surface area is 237 Å². The molecule has 1 N–H and O–H groups in total. The predicted octanol–water partition coefficient (Wildman–Crippen LogP) is 7.37. The average molecular weight is 550 g/mol. The van der Waals surface area contributed by atoms with Gasteiger partial charge in [-0.15, -0.1) is 0 Å². The Morgan fingerprint density at radius 1 is 0.925 bits per heavy atom. The van der Waals surface area contributed by atoms with Gasteiger partial charge in [-0.25, -0.2) is 13.6 Å². The van der Waals surface area contributed by atoms with Crippen LogP contribution in [0.2, 0.25) is 0 Å². The fraction of sp³-hybridized carbons (Fsp3) is 0.424. The summed E-state index contributed by atoms with van der Waals surface area (Å²) in [6.45, 7) is 5.56. The normalized spacial score (nSPS) is 14.3. The number of urea groups is 1. The number of amides is 2. The predicted molar refractivity (Wildman–Crippen MR) is 157 cm³/mol. The van der Waals surface area contributed by atoms with Crippen molar-refractivity contribution in [3.05, 3.63) is 95.6 Å². The van der Waals surface area contributed by atoms with Crippen molar-refractivity contribution in [2.75, 3.05) is 38.2 Å². The minimum Gasteiger partial charge on any atom is -0.497 e. The molecule has 0 radical (unpaired) electrons. The standard InChI is InChI=1S/C33H41F2N3O2/c1-3-4-21-36-33(39)38(29-15-17-31(40-2)18-16-29)30-19-23-37(24-20-30)22-5-6-32(25-7-11-27(34)12-8-25)26-9-13-28(35)14-10-26/h7-18,30,32H,3-6,19-24H2,1-2H3,(H,36,39). The molecule has 0 spiro atoms. The van der Waals surface area contributed by atoms with Crippen molar-refractivity contribution in [3.63, 3.8) is 0 Å². The maximum Gasteiger partial charge on any atom is 0.322 e. The van der Waals surface area contributed by atoms with Crippen LogP contribution in [0.25, 0.3) is 0 Å². The molecule has 1 heterocycles. The molecule has 4 rings (SSSR count). The Morgan fingerprint density at radius 2 is 1.50 bits per heavy atom. The van der Waals surface area contributed by atoms with Gasteiger partial charge in [0.2, 0.25) is 0 Å². The second kappa shape index (κ2) is 14.8. The van der Waals surface area contributed by atoms with Gasteiger partial charge in [-0.3, -0.25) is 4.90 Å². The van der Waals surface area contributed by atoms with Crippen LogP contribution in [0.3, 0.4) is 0 Å². The summed E-state index contributed by atoms with van der Waals surface area (Å²) in [5, 5.41) is 3.10. The van der Waals surface area contributed by atoms with Gasteiger partial charge in [-0.1, -0.05) is 37.6 Å². The first-order chi connectivity index (χ1) is 19.5. The zero-order valence-electron chi connectivity index (χ0n) is 23.6. The molecule has 1 aliphatic rings. The Hall–Kier alpha value is -3.45. The van der Waals surface area contributed by atoms with Gasteiger partial charge in [-0.2, -0.15) is 0 Å². The fourth-order valence-electron chi connectivity index (χ4n) is 5.53. The number of carbonyl (C=O) groups is 1. The molecular weight excluding hydrogens is 508 g/mol. The molecule has 0 aliphatic carbocycles. The van der Waals surface area contributed by atoms with Gasteiger partial charge in [0.25, 0.3) is 0 Å². The molecule has 0 saturated carbocycles. The van der Waals surface area contributed by atoms with Gasteiger partial charge in [-0.05, 0) is 98.3 Å². The fourth-order valence-corrected chi connectivity index (χ4v) is 5.53. The molecular formula is C33H41F2N3O2. The molecule has 0 bridgehead atoms. The van der Waals surface area contributed by atoms with Gasteiger partial charge < -0.3 is 15.0 Å². The summed E-state index contributed by atoms with van der Waals surface area (Å²) in [4.78, 5) is 17.6. The van der Waals surface area contributed by atoms with E-state index in [1.807, 2.05) is 53.4 Å². The van der Waals surface area contributed by atoms with Crippen molar-refractivity contribution in [1.82, 2.24) is 10.2 Å². The number of carbonyl (C=O) groups excluding carboxylic acids is 1. The maximum absolute atomic E-state index is 13.6. The van der Waals surface area contributed by atoms with Crippen LogP contribution in [-0.4, -0.2) is 50.3 Å². The quantitative estimate of drug-likeness (QED) is 0.240. The van der Waals surface area contributed by atoms with Crippen molar-refractivity contribution in [3.8, 4) is 5.75 Å². The van der Waals surface area contributed by atoms with Crippen LogP contribution in [0.4, 0.5) is 19.3 Å². The molecule has 7 heteroatoms. The molecule has 0 unspecified atom stereocenters. The second-order valence-corrected chi connectivity index (χ2v) is 10.5. The summed E-state index contributed by atoms with van der Waals surface area (Å²) >= 11 is 0. The van der Waals surface area contributed by atoms with E-state index in [1.165, 1.54) is 24.3 Å². The van der Waals surface area contributed by atoms with Gasteiger partial charge in [0.1, 0.15) is 17.4 Å². The summed E-state index contributed by atoms with van der Waals surface area (Å²) in [6.07, 6.45) is 5.62. The van der Waals surface area contributed by atoms with E-state index in [9.17, 15) is 13.6 Å². The van der Waals surface area contributed by atoms with Crippen molar-refractivity contribution in [2.24, 2.45) is 0 Å². The van der Waals surface area contributed by atoms with Crippen LogP contribution in [0.15, 0.2) is 72.8 Å². The highest BCUT2D eigenvalue weighted by molar-refractivity contribution is 5.92. The summed E-state index contributed by atoms with van der Waals surface area (Å²) in [6, 6.07) is 21.1. The third kappa shape index (κ3) is 8.04. The number of likely N-dealkylation sites (tertiary alicyclic amines) is 1. The van der Waals surface area contributed by atoms with E-state index in [-0.39, 0.29) is 29.6 Å². The van der Waals surface area contributed by atoms with Gasteiger partial charge in [0.05, 0.1) is 7.11 Å². The number of halogens is 2. The number of methoxy groups -OCH3 is 1. The first-order valence-electron chi connectivity index (χ1n) is 14.4. The lowest BCUT2D eigenvalue weighted by Gasteiger charge is -2.38. The summed E-state index contributed by atoms with van der Waals surface area (Å²) in [5.41, 5.74) is 2.96. The summed E-state index contributed by atoms with van der Waals surface area (Å²) in [5.74, 6) is 0.333. The van der Waals surface area contributed by atoms with Gasteiger partial charge >= 0.3 is 6.03 Å². The topological polar surface area (TPSA) is 44.8 Å². The first-order valence-corrected chi connectivity index (χ1v) is 14.4. The number of nitrogens with one attached hydrogen (secondary N) is 1. The van der Waals surface area contributed by atoms with E-state index in [4.69, 9.17) is 4.74 Å². The zero-order chi connectivity index (χ0) is 28.3. The molecule has 0 atom stereocenters. The number of ether oxygens (including phenoxy) is 1. The smallest absolute Gasteiger partial charge is 0.322 e. The number of rotatable bonds is 12. The number of hydrogen-bond donors (Lipinski definition) is 1. The average Bonchev–Trinajstić information content (AvgIpc) is 2.98. The van der Waals surface area contributed by atoms with E-state index < -0.39 is 0 Å². The third-order valence-corrected chi connectivity index (χ3v) is 7.81. The zero-order valence-corrected chi connectivity index (χ0v) is 23.6. The van der Waals surface area contributed by atoms with E-state index in [0.717, 1.165) is 80.7 Å². The number of hydrogen-bond acceptors (Lipinski definition) is 3. The van der Waals surface area contributed by atoms with E-state index in [0.29, 0.717) is 6.54 Å². The Morgan fingerprint density at radius 3 is 2.02 bits per heavy atom. The molecule has 3 aromatic rings. The number of anilines is 1. The molecule has 40 heavy (non-hydrogen) atoms.